The highest BCUT2D eigenvalue weighted by Crippen LogP contribution is 2.32. The van der Waals surface area contributed by atoms with Crippen LogP contribution in [0.15, 0.2) is 17.0 Å². The summed E-state index contributed by atoms with van der Waals surface area (Å²) in [5.74, 6) is -0.191. The van der Waals surface area contributed by atoms with Gasteiger partial charge in [0.2, 0.25) is 11.8 Å². The Morgan fingerprint density at radius 3 is 2.75 bits per heavy atom. The smallest absolute Gasteiger partial charge is 0.333 e. The molecule has 24 heavy (non-hydrogen) atoms. The van der Waals surface area contributed by atoms with Gasteiger partial charge in [0.15, 0.2) is 11.0 Å². The Morgan fingerprint density at radius 1 is 1.21 bits per heavy atom. The number of hydrogen-bond acceptors (Lipinski definition) is 5. The molecule has 0 aliphatic carbocycles. The van der Waals surface area contributed by atoms with Crippen LogP contribution in [-0.4, -0.2) is 35.7 Å². The molecule has 0 unspecified atom stereocenters. The predicted octanol–water partition coefficient (Wildman–Crippen LogP) is 2.78. The minimum Gasteiger partial charge on any atom is -0.333 e. The highest BCUT2D eigenvalue weighted by molar-refractivity contribution is 9.10. The zero-order chi connectivity index (χ0) is 17.1. The normalized spacial score (nSPS) is 15.1. The summed E-state index contributed by atoms with van der Waals surface area (Å²) in [5.41, 5.74) is 0.595. The second kappa shape index (κ2) is 5.31. The zero-order valence-corrected chi connectivity index (χ0v) is 14.1. The van der Waals surface area contributed by atoms with Crippen LogP contribution in [0.5, 0.6) is 0 Å². The van der Waals surface area contributed by atoms with Gasteiger partial charge in [0.1, 0.15) is 10.1 Å². The topological polar surface area (TPSA) is 64.1 Å². The highest BCUT2D eigenvalue weighted by atomic mass is 79.9. The Hall–Kier alpha value is -1.88. The Balaban J connectivity index is 1.74. The Bertz CT molecular complexity index is 935. The third-order valence-corrected chi connectivity index (χ3v) is 4.57. The maximum Gasteiger partial charge on any atom is 0.451 e. The summed E-state index contributed by atoms with van der Waals surface area (Å²) in [6.07, 6.45) is -1.30. The summed E-state index contributed by atoms with van der Waals surface area (Å²) in [5, 5.41) is 7.22. The number of aromatic nitrogens is 6. The highest BCUT2D eigenvalue weighted by Gasteiger charge is 2.39. The summed E-state index contributed by atoms with van der Waals surface area (Å²) < 4.78 is 42.1. The number of alkyl halides is 3. The van der Waals surface area contributed by atoms with Crippen molar-refractivity contribution in [3.63, 3.8) is 0 Å². The van der Waals surface area contributed by atoms with Crippen LogP contribution >= 0.6 is 27.5 Å². The largest absolute Gasteiger partial charge is 0.451 e. The fourth-order valence-electron chi connectivity index (χ4n) is 2.71. The molecule has 3 aromatic rings. The van der Waals surface area contributed by atoms with Gasteiger partial charge in [0, 0.05) is 25.5 Å². The molecule has 0 saturated carbocycles. The van der Waals surface area contributed by atoms with Crippen LogP contribution in [0.2, 0.25) is 5.15 Å². The first kappa shape index (κ1) is 15.6. The molecule has 0 saturated heterocycles. The maximum atomic E-state index is 12.9. The SMILES string of the molecule is FC(F)(F)c1nnc2n1CCN(c1nc(Br)c3c(Cl)nccn13)C2. The van der Waals surface area contributed by atoms with Crippen LogP contribution in [0, 0.1) is 0 Å². The average molecular weight is 423 g/mol. The molecular formula is C12H8BrClF3N7. The third-order valence-electron chi connectivity index (χ3n) is 3.74. The predicted molar refractivity (Wildman–Crippen MR) is 81.8 cm³/mol. The molecule has 7 nitrogen and oxygen atoms in total. The summed E-state index contributed by atoms with van der Waals surface area (Å²) in [6, 6.07) is 0. The van der Waals surface area contributed by atoms with Crippen molar-refractivity contribution in [2.45, 2.75) is 19.3 Å². The van der Waals surface area contributed by atoms with E-state index in [0.717, 1.165) is 4.57 Å². The minimum absolute atomic E-state index is 0.114. The molecule has 1 aliphatic heterocycles. The Morgan fingerprint density at radius 2 is 2.00 bits per heavy atom. The second-order valence-electron chi connectivity index (χ2n) is 5.15. The number of hydrogen-bond donors (Lipinski definition) is 0. The molecule has 0 aromatic carbocycles. The van der Waals surface area contributed by atoms with Gasteiger partial charge in [-0.15, -0.1) is 10.2 Å². The van der Waals surface area contributed by atoms with E-state index in [1.165, 1.54) is 6.20 Å². The van der Waals surface area contributed by atoms with E-state index in [1.807, 2.05) is 4.90 Å². The standard InChI is InChI=1S/C12H8BrClF3N7/c13-8-7-9(14)18-1-2-24(7)11(19-8)22-3-4-23-6(5-22)20-21-10(23)12(15,16)17/h1-2H,3-5H2. The van der Waals surface area contributed by atoms with E-state index >= 15 is 0 Å². The molecule has 0 spiro atoms. The quantitative estimate of drug-likeness (QED) is 0.603. The van der Waals surface area contributed by atoms with Crippen LogP contribution in [0.4, 0.5) is 19.1 Å². The molecule has 0 bridgehead atoms. The van der Waals surface area contributed by atoms with Gasteiger partial charge in [-0.1, -0.05) is 11.6 Å². The molecule has 0 N–H and O–H groups in total. The van der Waals surface area contributed by atoms with Gasteiger partial charge in [-0.3, -0.25) is 4.40 Å². The molecule has 4 heterocycles. The first-order chi connectivity index (χ1) is 11.4. The van der Waals surface area contributed by atoms with E-state index in [-0.39, 0.29) is 24.1 Å². The summed E-state index contributed by atoms with van der Waals surface area (Å²) in [4.78, 5) is 10.2. The first-order valence-corrected chi connectivity index (χ1v) is 7.95. The van der Waals surface area contributed by atoms with Gasteiger partial charge < -0.3 is 9.47 Å². The summed E-state index contributed by atoms with van der Waals surface area (Å²) in [6.45, 7) is 0.608. The zero-order valence-electron chi connectivity index (χ0n) is 11.8. The van der Waals surface area contributed by atoms with Crippen molar-refractivity contribution in [3.8, 4) is 0 Å². The number of imidazole rings is 1. The maximum absolute atomic E-state index is 12.9. The van der Waals surface area contributed by atoms with Gasteiger partial charge in [-0.25, -0.2) is 9.97 Å². The van der Waals surface area contributed by atoms with E-state index < -0.39 is 12.0 Å². The molecule has 3 aromatic heterocycles. The Labute approximate surface area is 146 Å². The molecule has 0 radical (unpaired) electrons. The lowest BCUT2D eigenvalue weighted by Gasteiger charge is -2.28. The average Bonchev–Trinajstić information content (AvgIpc) is 3.08. The van der Waals surface area contributed by atoms with Gasteiger partial charge in [0.05, 0.1) is 6.54 Å². The number of fused-ring (bicyclic) bond motifs is 2. The molecule has 126 valence electrons. The third kappa shape index (κ3) is 2.34. The van der Waals surface area contributed by atoms with Crippen LogP contribution < -0.4 is 4.90 Å². The molecule has 4 rings (SSSR count). The minimum atomic E-state index is -4.52. The van der Waals surface area contributed by atoms with Crippen molar-refractivity contribution in [2.75, 3.05) is 11.4 Å². The number of halogens is 5. The molecular weight excluding hydrogens is 415 g/mol. The lowest BCUT2D eigenvalue weighted by atomic mass is 10.3. The number of rotatable bonds is 1. The van der Waals surface area contributed by atoms with Gasteiger partial charge in [-0.2, -0.15) is 13.2 Å². The van der Waals surface area contributed by atoms with Gasteiger partial charge >= 0.3 is 6.18 Å². The van der Waals surface area contributed by atoms with Crippen molar-refractivity contribution in [3.05, 3.63) is 33.8 Å². The van der Waals surface area contributed by atoms with Crippen molar-refractivity contribution < 1.29 is 13.2 Å². The number of anilines is 1. The van der Waals surface area contributed by atoms with Crippen LogP contribution in [0.3, 0.4) is 0 Å². The van der Waals surface area contributed by atoms with Crippen molar-refractivity contribution in [1.82, 2.24) is 29.1 Å². The van der Waals surface area contributed by atoms with E-state index in [9.17, 15) is 13.2 Å². The van der Waals surface area contributed by atoms with E-state index in [1.54, 1.807) is 10.6 Å². The van der Waals surface area contributed by atoms with Crippen LogP contribution in [0.1, 0.15) is 11.6 Å². The lowest BCUT2D eigenvalue weighted by molar-refractivity contribution is -0.147. The lowest BCUT2D eigenvalue weighted by Crippen LogP contribution is -2.36. The van der Waals surface area contributed by atoms with Crippen molar-refractivity contribution in [1.29, 1.82) is 0 Å². The molecule has 0 fully saturated rings. The van der Waals surface area contributed by atoms with E-state index in [4.69, 9.17) is 11.6 Å². The first-order valence-electron chi connectivity index (χ1n) is 6.78. The van der Waals surface area contributed by atoms with E-state index in [0.29, 0.717) is 22.6 Å². The fraction of sp³-hybridized carbons (Fsp3) is 0.333. The van der Waals surface area contributed by atoms with Crippen LogP contribution in [-0.2, 0) is 19.3 Å². The summed E-state index contributed by atoms with van der Waals surface area (Å²) >= 11 is 9.41. The number of nitrogens with zero attached hydrogens (tertiary/aromatic N) is 7. The second-order valence-corrected chi connectivity index (χ2v) is 6.26. The molecule has 12 heteroatoms. The fourth-order valence-corrected chi connectivity index (χ4v) is 3.60. The summed E-state index contributed by atoms with van der Waals surface area (Å²) in [7, 11) is 0. The molecule has 1 aliphatic rings. The van der Waals surface area contributed by atoms with Crippen LogP contribution in [0.25, 0.3) is 5.52 Å². The molecule has 0 amide bonds. The van der Waals surface area contributed by atoms with Crippen molar-refractivity contribution in [2.24, 2.45) is 0 Å². The molecule has 0 atom stereocenters. The van der Waals surface area contributed by atoms with Gasteiger partial charge in [-0.05, 0) is 15.9 Å². The van der Waals surface area contributed by atoms with Crippen molar-refractivity contribution >= 4 is 39.0 Å². The monoisotopic (exact) mass is 421 g/mol. The van der Waals surface area contributed by atoms with E-state index in [2.05, 4.69) is 36.1 Å². The Kier molecular flexibility index (Phi) is 3.46. The van der Waals surface area contributed by atoms with Gasteiger partial charge in [0.25, 0.3) is 0 Å².